The molecule has 29 aromatic rings. The Hall–Kier alpha value is -16.5. The summed E-state index contributed by atoms with van der Waals surface area (Å²) < 4.78 is 15.7. The van der Waals surface area contributed by atoms with Crippen molar-refractivity contribution in [3.8, 4) is 61.6 Å². The van der Waals surface area contributed by atoms with Crippen LogP contribution in [0.15, 0.2) is 438 Å². The van der Waals surface area contributed by atoms with Crippen molar-refractivity contribution >= 4 is 216 Å². The van der Waals surface area contributed by atoms with Gasteiger partial charge in [-0.25, -0.2) is 0 Å². The van der Waals surface area contributed by atoms with Gasteiger partial charge in [0.2, 0.25) is 0 Å². The van der Waals surface area contributed by atoms with E-state index in [0.29, 0.717) is 0 Å². The Bertz CT molecular complexity index is 10300. The third-order valence-corrected chi connectivity index (χ3v) is 35.5. The van der Waals surface area contributed by atoms with Gasteiger partial charge in [-0.3, -0.25) is 9.97 Å². The molecule has 20 aromatic carbocycles. The predicted octanol–water partition coefficient (Wildman–Crippen LogP) is 33.1. The van der Waals surface area contributed by atoms with Gasteiger partial charge in [0, 0.05) is 109 Å². The van der Waals surface area contributed by atoms with Crippen molar-refractivity contribution in [2.24, 2.45) is 0 Å². The van der Waals surface area contributed by atoms with Crippen molar-refractivity contribution in [3.63, 3.8) is 0 Å². The van der Waals surface area contributed by atoms with E-state index in [-0.39, 0.29) is 25.3 Å². The van der Waals surface area contributed by atoms with E-state index in [9.17, 15) is 0 Å². The SMILES string of the molecule is c1ccc2c(c1)-c1ccccc1C21c2ccccc2-c2cc(-n3c4ccccc4c4c5ccncc5c5sc6ccccc6c5c43)ccc21.c1ccc2c(c1)-c1ccccc1C21c2ccccc2-c2ccc(-n3c4ccccc4c4c5ccncc5c5[se]c6ccccc6c5c43)cc21.c1ccc2c(c1)ccc1c(-n3c4ccccc4c4c5ccncc5c5sc6ccccc6c5c43)cccc12. The van der Waals surface area contributed by atoms with Gasteiger partial charge in [-0.2, -0.15) is 0 Å². The molecule has 628 valence electrons. The molecule has 9 heteroatoms. The molecule has 0 fully saturated rings. The third kappa shape index (κ3) is 9.75. The summed E-state index contributed by atoms with van der Waals surface area (Å²) in [6.45, 7) is 0. The number of fused-ring (bicyclic) bond motifs is 53. The summed E-state index contributed by atoms with van der Waals surface area (Å²) in [6, 6.07) is 149. The van der Waals surface area contributed by atoms with Crippen LogP contribution in [0, 0.1) is 0 Å². The first kappa shape index (κ1) is 75.1. The zero-order chi connectivity index (χ0) is 88.5. The van der Waals surface area contributed by atoms with Gasteiger partial charge < -0.3 is 9.13 Å². The Labute approximate surface area is 792 Å². The average molecular weight is 1830 g/mol. The molecule has 0 N–H and O–H groups in total. The third-order valence-electron chi connectivity index (χ3n) is 30.6. The van der Waals surface area contributed by atoms with E-state index in [4.69, 9.17) is 0 Å². The second kappa shape index (κ2) is 28.1. The number of hydrogen-bond acceptors (Lipinski definition) is 5. The minimum absolute atomic E-state index is 0.198. The van der Waals surface area contributed by atoms with Crippen LogP contribution < -0.4 is 0 Å². The van der Waals surface area contributed by atoms with Crippen LogP contribution in [0.2, 0.25) is 0 Å². The van der Waals surface area contributed by atoms with Crippen molar-refractivity contribution < 1.29 is 0 Å². The molecule has 9 heterocycles. The zero-order valence-corrected chi connectivity index (χ0v) is 76.3. The fourth-order valence-corrected chi connectivity index (χ4v) is 30.5. The van der Waals surface area contributed by atoms with E-state index >= 15 is 0 Å². The van der Waals surface area contributed by atoms with Gasteiger partial charge in [-0.05, 0) is 126 Å². The number of rotatable bonds is 3. The first-order chi connectivity index (χ1) is 67.6. The summed E-state index contributed by atoms with van der Waals surface area (Å²) in [4.78, 5) is 13.8. The number of benzene rings is 20. The van der Waals surface area contributed by atoms with Gasteiger partial charge in [0.1, 0.15) is 0 Å². The fourth-order valence-electron chi connectivity index (χ4n) is 25.5. The minimum atomic E-state index is -0.385. The van der Waals surface area contributed by atoms with E-state index in [1.54, 1.807) is 0 Å². The van der Waals surface area contributed by atoms with Crippen LogP contribution in [0.1, 0.15) is 44.5 Å². The first-order valence-electron chi connectivity index (χ1n) is 46.7. The van der Waals surface area contributed by atoms with E-state index in [2.05, 4.69) is 441 Å². The van der Waals surface area contributed by atoms with Crippen LogP contribution in [0.25, 0.3) is 240 Å². The van der Waals surface area contributed by atoms with Crippen molar-refractivity contribution in [2.45, 2.75) is 10.8 Å². The summed E-state index contributed by atoms with van der Waals surface area (Å²) >= 11 is 3.95. The normalized spacial score (nSPS) is 13.4. The first-order valence-corrected chi connectivity index (χ1v) is 50.0. The molecule has 136 heavy (non-hydrogen) atoms. The van der Waals surface area contributed by atoms with Crippen LogP contribution in [0.4, 0.5) is 0 Å². The molecule has 4 aliphatic rings. The van der Waals surface area contributed by atoms with E-state index in [1.807, 2.05) is 47.5 Å². The summed E-state index contributed by atoms with van der Waals surface area (Å²) in [7, 11) is 0. The smallest absolute Gasteiger partial charge is 0.0640 e. The molecule has 0 saturated heterocycles. The molecule has 6 nitrogen and oxygen atoms in total. The average Bonchev–Trinajstić information content (AvgIpc) is 1.50. The second-order valence-electron chi connectivity index (χ2n) is 36.8. The molecule has 0 bridgehead atoms. The maximum absolute atomic E-state index is 4.64. The number of thiophene rings is 2. The maximum Gasteiger partial charge on any atom is 0.0640 e. The molecule has 0 saturated carbocycles. The molecule has 9 aromatic heterocycles. The van der Waals surface area contributed by atoms with Crippen molar-refractivity contribution in [2.75, 3.05) is 0 Å². The number of para-hydroxylation sites is 3. The Morgan fingerprint density at radius 1 is 0.221 bits per heavy atom. The van der Waals surface area contributed by atoms with Crippen LogP contribution in [0.5, 0.6) is 0 Å². The van der Waals surface area contributed by atoms with Crippen molar-refractivity contribution in [1.29, 1.82) is 0 Å². The van der Waals surface area contributed by atoms with Crippen molar-refractivity contribution in [1.82, 2.24) is 28.7 Å². The van der Waals surface area contributed by atoms with Gasteiger partial charge in [0.25, 0.3) is 0 Å². The summed E-state index contributed by atoms with van der Waals surface area (Å²) in [6.07, 6.45) is 12.0. The molecular formula is C127H72N6S2Se. The van der Waals surface area contributed by atoms with Gasteiger partial charge in [-0.15, -0.1) is 22.7 Å². The Balaban J connectivity index is 0.0000000959. The Kier molecular flexibility index (Phi) is 15.5. The van der Waals surface area contributed by atoms with Crippen LogP contribution >= 0.6 is 22.7 Å². The predicted molar refractivity (Wildman–Crippen MR) is 574 cm³/mol. The zero-order valence-electron chi connectivity index (χ0n) is 73.0. The van der Waals surface area contributed by atoms with Gasteiger partial charge in [-0.1, -0.05) is 200 Å². The van der Waals surface area contributed by atoms with E-state index in [0.717, 1.165) is 0 Å². The molecule has 0 atom stereocenters. The van der Waals surface area contributed by atoms with Gasteiger partial charge in [0.15, 0.2) is 0 Å². The standard InChI is InChI=1S/C46H26N2S.C46H26N2Se.C35H20N2S/c1-6-16-36-28(11-1)29-12-2-7-17-37(29)46(36)38-18-8-3-13-30(38)34-25-27(21-22-39(34)46)48-40-19-9-4-14-32(40)42-31-23-24-47-26-35(31)45-43(44(42)48)33-15-5-10-20-41(33)49-45;1-6-16-36-28(11-1)29-12-2-7-17-37(29)46(36)38-18-8-3-13-30(38)31-22-21-27(25-39(31)46)48-40-19-9-4-14-33(40)42-32-23-24-47-26-35(32)45-43(44(42)48)34-15-5-10-20-41(34)49-45;1-2-9-22-21(8-1)16-17-24-23(22)12-7-14-29(24)37-30-13-5-3-10-26(30)32-25-18-19-36-20-28(25)35-33(34(32)37)27-11-4-6-15-31(27)38-35/h2*1-26H;1-20H. The minimum Gasteiger partial charge on any atom is -0.308 e. The molecule has 0 radical (unpaired) electrons. The van der Waals surface area contributed by atoms with Gasteiger partial charge in [0.05, 0.1) is 33.2 Å². The molecule has 0 aliphatic heterocycles. The molecule has 0 unspecified atom stereocenters. The summed E-state index contributed by atoms with van der Waals surface area (Å²) in [5.41, 5.74) is 31.9. The monoisotopic (exact) mass is 1820 g/mol. The fraction of sp³-hybridized carbons (Fsp3) is 0.0157. The topological polar surface area (TPSA) is 53.5 Å². The van der Waals surface area contributed by atoms with E-state index < -0.39 is 0 Å². The summed E-state index contributed by atoms with van der Waals surface area (Å²) in [5.74, 6) is 0. The summed E-state index contributed by atoms with van der Waals surface area (Å²) in [5, 5.41) is 28.3. The van der Waals surface area contributed by atoms with Crippen LogP contribution in [-0.2, 0) is 10.8 Å². The molecule has 0 amide bonds. The largest absolute Gasteiger partial charge is 0.308 e. The Morgan fingerprint density at radius 3 is 1.12 bits per heavy atom. The second-order valence-corrected chi connectivity index (χ2v) is 41.1. The van der Waals surface area contributed by atoms with Crippen LogP contribution in [-0.4, -0.2) is 43.2 Å². The van der Waals surface area contributed by atoms with Crippen molar-refractivity contribution in [3.05, 3.63) is 482 Å². The molecule has 2 spiro atoms. The molecule has 4 aliphatic carbocycles. The quantitative estimate of drug-likeness (QED) is 0.131. The Morgan fingerprint density at radius 2 is 0.596 bits per heavy atom. The van der Waals surface area contributed by atoms with Gasteiger partial charge >= 0.3 is 290 Å². The maximum atomic E-state index is 4.64. The number of nitrogens with zero attached hydrogens (tertiary/aromatic N) is 6. The number of pyridine rings is 3. The molecule has 33 rings (SSSR count). The van der Waals surface area contributed by atoms with E-state index in [1.165, 1.54) is 285 Å². The van der Waals surface area contributed by atoms with Crippen LogP contribution in [0.3, 0.4) is 0 Å². The molecular weight excluding hydrogens is 1750 g/mol. The number of aromatic nitrogens is 6. The number of hydrogen-bond donors (Lipinski definition) is 0.